The first-order chi connectivity index (χ1) is 9.98. The van der Waals surface area contributed by atoms with Gasteiger partial charge in [-0.15, -0.1) is 0 Å². The molecule has 0 unspecified atom stereocenters. The number of nitrogens with zero attached hydrogens (tertiary/aromatic N) is 4. The normalized spacial score (nSPS) is 15.9. The maximum Gasteiger partial charge on any atom is 0.390 e. The Morgan fingerprint density at radius 2 is 1.81 bits per heavy atom. The van der Waals surface area contributed by atoms with Crippen LogP contribution in [0.1, 0.15) is 6.42 Å². The zero-order valence-corrected chi connectivity index (χ0v) is 11.6. The Labute approximate surface area is 119 Å². The Morgan fingerprint density at radius 1 is 1.14 bits per heavy atom. The van der Waals surface area contributed by atoms with Crippen LogP contribution in [0.3, 0.4) is 0 Å². The van der Waals surface area contributed by atoms with E-state index in [-0.39, 0.29) is 12.5 Å². The first-order valence-electron chi connectivity index (χ1n) is 6.55. The highest BCUT2D eigenvalue weighted by Crippen LogP contribution is 2.20. The van der Waals surface area contributed by atoms with Crippen LogP contribution in [-0.4, -0.2) is 61.0 Å². The van der Waals surface area contributed by atoms with Gasteiger partial charge >= 0.3 is 6.18 Å². The zero-order valence-electron chi connectivity index (χ0n) is 11.6. The van der Waals surface area contributed by atoms with Crippen LogP contribution in [0.5, 0.6) is 0 Å². The minimum Gasteiger partial charge on any atom is -0.378 e. The molecule has 1 saturated heterocycles. The van der Waals surface area contributed by atoms with Gasteiger partial charge in [0.2, 0.25) is 17.8 Å². The number of nitrogens with one attached hydrogen (secondary N) is 2. The molecule has 0 saturated carbocycles. The maximum atomic E-state index is 12.1. The Balaban J connectivity index is 2.06. The van der Waals surface area contributed by atoms with Gasteiger partial charge in [-0.05, 0) is 0 Å². The first kappa shape index (κ1) is 15.5. The minimum absolute atomic E-state index is 0.125. The molecule has 118 valence electrons. The minimum atomic E-state index is -4.21. The quantitative estimate of drug-likeness (QED) is 0.844. The summed E-state index contributed by atoms with van der Waals surface area (Å²) in [7, 11) is 1.64. The summed E-state index contributed by atoms with van der Waals surface area (Å²) in [6.07, 6.45) is -5.15. The molecule has 1 fully saturated rings. The van der Waals surface area contributed by atoms with Crippen LogP contribution in [0.15, 0.2) is 0 Å². The van der Waals surface area contributed by atoms with E-state index >= 15 is 0 Å². The van der Waals surface area contributed by atoms with Gasteiger partial charge in [-0.1, -0.05) is 0 Å². The molecular formula is C11H17F3N6O. The number of ether oxygens (including phenoxy) is 1. The summed E-state index contributed by atoms with van der Waals surface area (Å²) in [5, 5.41) is 5.35. The monoisotopic (exact) mass is 306 g/mol. The van der Waals surface area contributed by atoms with E-state index in [1.54, 1.807) is 7.05 Å². The molecule has 0 aliphatic carbocycles. The van der Waals surface area contributed by atoms with E-state index < -0.39 is 12.6 Å². The first-order valence-corrected chi connectivity index (χ1v) is 6.55. The maximum absolute atomic E-state index is 12.1. The fraction of sp³-hybridized carbons (Fsp3) is 0.727. The highest BCUT2D eigenvalue weighted by atomic mass is 19.4. The lowest BCUT2D eigenvalue weighted by molar-refractivity contribution is -0.131. The second-order valence-corrected chi connectivity index (χ2v) is 4.42. The summed E-state index contributed by atoms with van der Waals surface area (Å²) in [5.74, 6) is 0.855. The van der Waals surface area contributed by atoms with Gasteiger partial charge in [0.15, 0.2) is 0 Å². The fourth-order valence-corrected chi connectivity index (χ4v) is 1.78. The summed E-state index contributed by atoms with van der Waals surface area (Å²) >= 11 is 0. The molecule has 21 heavy (non-hydrogen) atoms. The van der Waals surface area contributed by atoms with Crippen molar-refractivity contribution in [3.63, 3.8) is 0 Å². The standard InChI is InChI=1S/C11H17F3N6O/c1-15-8-17-9(16-3-2-11(12,13)14)19-10(18-8)20-4-6-21-7-5-20/h2-7H2,1H3,(H2,15,16,17,18,19). The molecule has 2 rings (SSSR count). The van der Waals surface area contributed by atoms with E-state index in [2.05, 4.69) is 25.6 Å². The molecule has 1 aromatic rings. The van der Waals surface area contributed by atoms with E-state index in [1.165, 1.54) is 0 Å². The Morgan fingerprint density at radius 3 is 2.43 bits per heavy atom. The van der Waals surface area contributed by atoms with Gasteiger partial charge in [0.25, 0.3) is 0 Å². The molecule has 1 aliphatic rings. The highest BCUT2D eigenvalue weighted by Gasteiger charge is 2.26. The van der Waals surface area contributed by atoms with E-state index in [0.717, 1.165) is 0 Å². The molecular weight excluding hydrogens is 289 g/mol. The molecule has 1 aromatic heterocycles. The summed E-state index contributed by atoms with van der Waals surface area (Å²) < 4.78 is 41.7. The van der Waals surface area contributed by atoms with Gasteiger partial charge in [-0.2, -0.15) is 28.1 Å². The van der Waals surface area contributed by atoms with Crippen LogP contribution in [-0.2, 0) is 4.74 Å². The topological polar surface area (TPSA) is 75.2 Å². The van der Waals surface area contributed by atoms with E-state index in [0.29, 0.717) is 38.2 Å². The van der Waals surface area contributed by atoms with Crippen LogP contribution in [0.25, 0.3) is 0 Å². The lowest BCUT2D eigenvalue weighted by Crippen LogP contribution is -2.37. The second-order valence-electron chi connectivity index (χ2n) is 4.42. The summed E-state index contributed by atoms with van der Waals surface area (Å²) in [5.41, 5.74) is 0. The SMILES string of the molecule is CNc1nc(NCCC(F)(F)F)nc(N2CCOCC2)n1. The molecule has 2 N–H and O–H groups in total. The molecule has 10 heteroatoms. The molecule has 0 bridgehead atoms. The number of hydrogen-bond acceptors (Lipinski definition) is 7. The molecule has 2 heterocycles. The lowest BCUT2D eigenvalue weighted by Gasteiger charge is -2.27. The van der Waals surface area contributed by atoms with E-state index in [9.17, 15) is 13.2 Å². The summed E-state index contributed by atoms with van der Waals surface area (Å²) in [6.45, 7) is 2.12. The van der Waals surface area contributed by atoms with Gasteiger partial charge in [0.1, 0.15) is 0 Å². The largest absolute Gasteiger partial charge is 0.390 e. The van der Waals surface area contributed by atoms with Crippen LogP contribution >= 0.6 is 0 Å². The van der Waals surface area contributed by atoms with Gasteiger partial charge in [0.05, 0.1) is 19.6 Å². The van der Waals surface area contributed by atoms with Crippen molar-refractivity contribution in [2.45, 2.75) is 12.6 Å². The summed E-state index contributed by atoms with van der Waals surface area (Å²) in [4.78, 5) is 14.3. The van der Waals surface area contributed by atoms with Gasteiger partial charge < -0.3 is 20.3 Å². The third kappa shape index (κ3) is 4.88. The third-order valence-corrected chi connectivity index (χ3v) is 2.83. The van der Waals surface area contributed by atoms with Crippen LogP contribution in [0.4, 0.5) is 31.0 Å². The van der Waals surface area contributed by atoms with Crippen molar-refractivity contribution >= 4 is 17.8 Å². The number of anilines is 3. The third-order valence-electron chi connectivity index (χ3n) is 2.83. The second kappa shape index (κ2) is 6.74. The lowest BCUT2D eigenvalue weighted by atomic mass is 10.4. The van der Waals surface area contributed by atoms with Crippen molar-refractivity contribution in [2.24, 2.45) is 0 Å². The molecule has 0 atom stereocenters. The molecule has 0 aromatic carbocycles. The van der Waals surface area contributed by atoms with E-state index in [4.69, 9.17) is 4.74 Å². The van der Waals surface area contributed by atoms with Gasteiger partial charge in [-0.25, -0.2) is 0 Å². The van der Waals surface area contributed by atoms with Crippen molar-refractivity contribution in [1.82, 2.24) is 15.0 Å². The van der Waals surface area contributed by atoms with Crippen molar-refractivity contribution in [3.05, 3.63) is 0 Å². The average Bonchev–Trinajstić information content (AvgIpc) is 2.46. The predicted molar refractivity (Wildman–Crippen MR) is 71.6 cm³/mol. The van der Waals surface area contributed by atoms with Crippen molar-refractivity contribution in [2.75, 3.05) is 55.4 Å². The van der Waals surface area contributed by atoms with Crippen molar-refractivity contribution < 1.29 is 17.9 Å². The number of halogens is 3. The molecule has 7 nitrogen and oxygen atoms in total. The fourth-order valence-electron chi connectivity index (χ4n) is 1.78. The van der Waals surface area contributed by atoms with Crippen LogP contribution < -0.4 is 15.5 Å². The number of morpholine rings is 1. The highest BCUT2D eigenvalue weighted by molar-refractivity contribution is 5.43. The zero-order chi connectivity index (χ0) is 15.3. The number of aromatic nitrogens is 3. The Hall–Kier alpha value is -1.84. The van der Waals surface area contributed by atoms with Gasteiger partial charge in [0, 0.05) is 26.7 Å². The van der Waals surface area contributed by atoms with Gasteiger partial charge in [-0.3, -0.25) is 0 Å². The van der Waals surface area contributed by atoms with Crippen LogP contribution in [0, 0.1) is 0 Å². The van der Waals surface area contributed by atoms with Crippen molar-refractivity contribution in [3.8, 4) is 0 Å². The number of hydrogen-bond donors (Lipinski definition) is 2. The Bertz CT molecular complexity index is 464. The summed E-state index contributed by atoms with van der Waals surface area (Å²) in [6, 6.07) is 0. The number of rotatable bonds is 5. The molecule has 0 amide bonds. The predicted octanol–water partition coefficient (Wildman–Crippen LogP) is 1.11. The average molecular weight is 306 g/mol. The molecule has 0 spiro atoms. The molecule has 1 aliphatic heterocycles. The molecule has 0 radical (unpaired) electrons. The van der Waals surface area contributed by atoms with E-state index in [1.807, 2.05) is 4.90 Å². The number of alkyl halides is 3. The van der Waals surface area contributed by atoms with Crippen LogP contribution in [0.2, 0.25) is 0 Å². The Kier molecular flexibility index (Phi) is 4.99. The van der Waals surface area contributed by atoms with Crippen molar-refractivity contribution in [1.29, 1.82) is 0 Å². The smallest absolute Gasteiger partial charge is 0.378 e.